The number of anilines is 2. The molecule has 0 spiro atoms. The van der Waals surface area contributed by atoms with Crippen LogP contribution in [0.5, 0.6) is 5.88 Å². The number of carbonyl (C=O) groups excluding carboxylic acids is 1. The van der Waals surface area contributed by atoms with Crippen molar-refractivity contribution < 1.29 is 27.4 Å². The van der Waals surface area contributed by atoms with Crippen LogP contribution in [-0.2, 0) is 16.0 Å². The van der Waals surface area contributed by atoms with Crippen molar-refractivity contribution in [2.75, 3.05) is 37.2 Å². The molecule has 2 bridgehead atoms. The topological polar surface area (TPSA) is 67.3 Å². The number of aromatic nitrogens is 1. The number of esters is 1. The van der Waals surface area contributed by atoms with Gasteiger partial charge >= 0.3 is 12.1 Å². The van der Waals surface area contributed by atoms with E-state index < -0.39 is 29.8 Å². The van der Waals surface area contributed by atoms with Crippen molar-refractivity contribution in [3.8, 4) is 5.88 Å². The van der Waals surface area contributed by atoms with E-state index in [9.17, 15) is 18.0 Å². The van der Waals surface area contributed by atoms with E-state index >= 15 is 0 Å². The highest BCUT2D eigenvalue weighted by atomic mass is 35.5. The predicted molar refractivity (Wildman–Crippen MR) is 143 cm³/mol. The van der Waals surface area contributed by atoms with Crippen molar-refractivity contribution in [1.29, 1.82) is 0 Å². The number of alkyl halides is 3. The summed E-state index contributed by atoms with van der Waals surface area (Å²) in [5, 5.41) is 5.84. The zero-order valence-corrected chi connectivity index (χ0v) is 22.9. The van der Waals surface area contributed by atoms with E-state index in [-0.39, 0.29) is 6.42 Å². The first-order valence-corrected chi connectivity index (χ1v) is 13.5. The molecule has 1 saturated heterocycles. The van der Waals surface area contributed by atoms with Crippen molar-refractivity contribution in [3.63, 3.8) is 0 Å². The molecule has 2 aliphatic heterocycles. The highest BCUT2D eigenvalue weighted by molar-refractivity contribution is 6.33. The molecule has 0 radical (unpaired) electrons. The normalized spacial score (nSPS) is 26.5. The molecule has 1 aliphatic carbocycles. The van der Waals surface area contributed by atoms with Crippen molar-refractivity contribution in [2.45, 2.75) is 44.8 Å². The molecule has 1 unspecified atom stereocenters. The molecule has 7 nitrogen and oxygen atoms in total. The number of carbonyl (C=O) groups is 1. The average Bonchev–Trinajstić information content (AvgIpc) is 3.35. The first-order chi connectivity index (χ1) is 18.6. The molecule has 11 heteroatoms. The lowest BCUT2D eigenvalue weighted by atomic mass is 9.80. The van der Waals surface area contributed by atoms with Crippen LogP contribution in [0.3, 0.4) is 0 Å². The van der Waals surface area contributed by atoms with E-state index in [2.05, 4.69) is 15.0 Å². The number of piperidine rings is 1. The third-order valence-corrected chi connectivity index (χ3v) is 8.78. The smallest absolute Gasteiger partial charge is 0.431 e. The van der Waals surface area contributed by atoms with Gasteiger partial charge in [-0.1, -0.05) is 30.7 Å². The Kier molecular flexibility index (Phi) is 7.68. The van der Waals surface area contributed by atoms with Crippen LogP contribution in [-0.4, -0.2) is 56.2 Å². The van der Waals surface area contributed by atoms with Gasteiger partial charge in [-0.15, -0.1) is 0 Å². The van der Waals surface area contributed by atoms with Crippen LogP contribution in [0.2, 0.25) is 5.02 Å². The first-order valence-electron chi connectivity index (χ1n) is 13.1. The minimum absolute atomic E-state index is 0.183. The highest BCUT2D eigenvalue weighted by Gasteiger charge is 2.49. The fourth-order valence-electron chi connectivity index (χ4n) is 6.44. The molecular formula is C28H32ClF3N4O3. The molecule has 1 saturated carbocycles. The van der Waals surface area contributed by atoms with Gasteiger partial charge in [0.2, 0.25) is 5.88 Å². The predicted octanol–water partition coefficient (Wildman–Crippen LogP) is 5.75. The summed E-state index contributed by atoms with van der Waals surface area (Å²) in [7, 11) is 2.82. The molecule has 5 rings (SSSR count). The molecule has 1 aromatic carbocycles. The van der Waals surface area contributed by atoms with Crippen LogP contribution in [0.4, 0.5) is 24.5 Å². The summed E-state index contributed by atoms with van der Waals surface area (Å²) in [5.74, 6) is 0.557. The van der Waals surface area contributed by atoms with Gasteiger partial charge in [-0.2, -0.15) is 18.3 Å². The maximum atomic E-state index is 13.6. The number of pyridine rings is 1. The van der Waals surface area contributed by atoms with Gasteiger partial charge in [0.05, 0.1) is 49.3 Å². The van der Waals surface area contributed by atoms with E-state index in [0.717, 1.165) is 43.6 Å². The molecule has 39 heavy (non-hydrogen) atoms. The molecule has 1 aromatic heterocycles. The fourth-order valence-corrected chi connectivity index (χ4v) is 6.67. The Balaban J connectivity index is 1.30. The number of rotatable bonds is 7. The zero-order valence-electron chi connectivity index (χ0n) is 22.1. The number of benzene rings is 1. The van der Waals surface area contributed by atoms with Crippen molar-refractivity contribution in [2.24, 2.45) is 28.8 Å². The second-order valence-electron chi connectivity index (χ2n) is 10.7. The van der Waals surface area contributed by atoms with Crippen molar-refractivity contribution >= 4 is 34.7 Å². The fraction of sp³-hybridized carbons (Fsp3) is 0.536. The minimum atomic E-state index is -4.57. The van der Waals surface area contributed by atoms with Gasteiger partial charge in [0, 0.05) is 25.1 Å². The largest absolute Gasteiger partial charge is 0.481 e. The molecule has 0 amide bonds. The van der Waals surface area contributed by atoms with Crippen molar-refractivity contribution in [3.05, 3.63) is 47.1 Å². The van der Waals surface area contributed by atoms with Gasteiger partial charge in [0.1, 0.15) is 5.71 Å². The number of hydrazone groups is 1. The Labute approximate surface area is 230 Å². The van der Waals surface area contributed by atoms with E-state index in [0.29, 0.717) is 34.3 Å². The molecule has 210 valence electrons. The summed E-state index contributed by atoms with van der Waals surface area (Å²) in [6, 6.07) is 8.66. The summed E-state index contributed by atoms with van der Waals surface area (Å²) in [4.78, 5) is 18.5. The molecule has 0 N–H and O–H groups in total. The summed E-state index contributed by atoms with van der Waals surface area (Å²) < 4.78 is 50.8. The second kappa shape index (κ2) is 10.9. The number of methoxy groups -OCH3 is 2. The standard InChI is InChI=1S/C28H32ClF3N4O3/c1-16-23(12-26(37)39-3)36(34-27(16)28(30,31)32)20-8-4-17(5-9-20)10-21-18-6-7-19(21)15-35(14-18)24-11-25(38-2)33-13-22(24)29/h4-5,8-9,11,13,16,18-19,21,23H,6-7,10,12,14-15H2,1-3H3/t16-,18-,19+,21?,23-/m0/s1. The van der Waals surface area contributed by atoms with Crippen LogP contribution in [0.1, 0.15) is 31.7 Å². The SMILES string of the molecule is COC(=O)C[C@H]1[C@H](C)C(C(F)(F)F)=NN1c1ccc(CC2[C@@H]3CC[C@H]2CN(c2cc(OC)ncc2Cl)C3)cc1. The number of ether oxygens (including phenoxy) is 2. The summed E-state index contributed by atoms with van der Waals surface area (Å²) in [6.07, 6.45) is 0.0823. The van der Waals surface area contributed by atoms with Gasteiger partial charge < -0.3 is 14.4 Å². The number of hydrogen-bond donors (Lipinski definition) is 0. The van der Waals surface area contributed by atoms with Gasteiger partial charge in [-0.3, -0.25) is 9.80 Å². The van der Waals surface area contributed by atoms with E-state index in [4.69, 9.17) is 21.1 Å². The molecule has 5 atom stereocenters. The Morgan fingerprint density at radius 3 is 2.38 bits per heavy atom. The van der Waals surface area contributed by atoms with Gasteiger partial charge in [-0.25, -0.2) is 4.98 Å². The van der Waals surface area contributed by atoms with E-state index in [1.165, 1.54) is 19.0 Å². The lowest BCUT2D eigenvalue weighted by Gasteiger charge is -2.40. The zero-order chi connectivity index (χ0) is 27.9. The van der Waals surface area contributed by atoms with Crippen LogP contribution in [0.15, 0.2) is 41.6 Å². The summed E-state index contributed by atoms with van der Waals surface area (Å²) in [5.41, 5.74) is 1.73. The molecule has 2 aromatic rings. The van der Waals surface area contributed by atoms with Crippen LogP contribution >= 0.6 is 11.6 Å². The quantitative estimate of drug-likeness (QED) is 0.399. The van der Waals surface area contributed by atoms with Crippen LogP contribution in [0, 0.1) is 23.7 Å². The maximum Gasteiger partial charge on any atom is 0.431 e. The Morgan fingerprint density at radius 2 is 1.79 bits per heavy atom. The maximum absolute atomic E-state index is 13.6. The monoisotopic (exact) mass is 564 g/mol. The molecule has 3 aliphatic rings. The van der Waals surface area contributed by atoms with Gasteiger partial charge in [0.25, 0.3) is 0 Å². The first kappa shape index (κ1) is 27.6. The Hall–Kier alpha value is -3.01. The van der Waals surface area contributed by atoms with Crippen molar-refractivity contribution in [1.82, 2.24) is 4.98 Å². The van der Waals surface area contributed by atoms with Crippen LogP contribution in [0.25, 0.3) is 0 Å². The molecular weight excluding hydrogens is 533 g/mol. The highest BCUT2D eigenvalue weighted by Crippen LogP contribution is 2.46. The third-order valence-electron chi connectivity index (χ3n) is 8.49. The lowest BCUT2D eigenvalue weighted by Crippen LogP contribution is -2.42. The van der Waals surface area contributed by atoms with Gasteiger partial charge in [0.15, 0.2) is 0 Å². The Morgan fingerprint density at radius 1 is 1.13 bits per heavy atom. The average molecular weight is 565 g/mol. The molecule has 3 heterocycles. The number of halogens is 4. The third kappa shape index (κ3) is 5.53. The van der Waals surface area contributed by atoms with Crippen LogP contribution < -0.4 is 14.6 Å². The number of fused-ring (bicyclic) bond motifs is 2. The van der Waals surface area contributed by atoms with E-state index in [1.807, 2.05) is 18.2 Å². The molecule has 2 fully saturated rings. The second-order valence-corrected chi connectivity index (χ2v) is 11.1. The number of nitrogens with zero attached hydrogens (tertiary/aromatic N) is 4. The van der Waals surface area contributed by atoms with Gasteiger partial charge in [-0.05, 0) is 54.7 Å². The minimum Gasteiger partial charge on any atom is -0.481 e. The Bertz CT molecular complexity index is 1230. The lowest BCUT2D eigenvalue weighted by molar-refractivity contribution is -0.141. The van der Waals surface area contributed by atoms with E-state index in [1.54, 1.807) is 25.4 Å². The summed E-state index contributed by atoms with van der Waals surface area (Å²) in [6.45, 7) is 3.26. The number of hydrogen-bond acceptors (Lipinski definition) is 7. The summed E-state index contributed by atoms with van der Waals surface area (Å²) >= 11 is 6.47.